The summed E-state index contributed by atoms with van der Waals surface area (Å²) in [4.78, 5) is 38.9. The van der Waals surface area contributed by atoms with Gasteiger partial charge in [-0.25, -0.2) is 4.79 Å². The zero-order chi connectivity index (χ0) is 20.4. The van der Waals surface area contributed by atoms with Crippen molar-refractivity contribution in [2.24, 2.45) is 5.92 Å². The molecular weight excluding hydrogens is 374 g/mol. The highest BCUT2D eigenvalue weighted by atomic mass is 16.5. The van der Waals surface area contributed by atoms with Crippen molar-refractivity contribution in [1.82, 2.24) is 10.2 Å². The van der Waals surface area contributed by atoms with Crippen molar-refractivity contribution in [3.05, 3.63) is 18.2 Å². The summed E-state index contributed by atoms with van der Waals surface area (Å²) >= 11 is 0. The van der Waals surface area contributed by atoms with Gasteiger partial charge in [-0.05, 0) is 43.7 Å². The van der Waals surface area contributed by atoms with E-state index >= 15 is 0 Å². The normalized spacial score (nSPS) is 26.2. The van der Waals surface area contributed by atoms with Crippen molar-refractivity contribution < 1.29 is 23.9 Å². The number of nitrogens with one attached hydrogen (secondary N) is 2. The lowest BCUT2D eigenvalue weighted by Crippen LogP contribution is -2.49. The van der Waals surface area contributed by atoms with Crippen LogP contribution in [0.2, 0.25) is 0 Å². The van der Waals surface area contributed by atoms with E-state index in [2.05, 4.69) is 17.6 Å². The third-order valence-electron chi connectivity index (χ3n) is 6.11. The van der Waals surface area contributed by atoms with Crippen LogP contribution in [0.1, 0.15) is 45.4 Å². The number of carbonyl (C=O) groups is 3. The summed E-state index contributed by atoms with van der Waals surface area (Å²) in [6.07, 6.45) is 4.98. The maximum absolute atomic E-state index is 12.9. The van der Waals surface area contributed by atoms with Crippen molar-refractivity contribution in [1.29, 1.82) is 0 Å². The number of urea groups is 1. The van der Waals surface area contributed by atoms with Crippen molar-refractivity contribution in [2.75, 3.05) is 25.1 Å². The van der Waals surface area contributed by atoms with Crippen molar-refractivity contribution in [3.8, 4) is 11.5 Å². The molecule has 2 fully saturated rings. The third kappa shape index (κ3) is 3.88. The van der Waals surface area contributed by atoms with Gasteiger partial charge in [0.1, 0.15) is 12.1 Å². The average Bonchev–Trinajstić information content (AvgIpc) is 2.88. The van der Waals surface area contributed by atoms with Gasteiger partial charge >= 0.3 is 6.03 Å². The van der Waals surface area contributed by atoms with E-state index < -0.39 is 17.5 Å². The lowest BCUT2D eigenvalue weighted by molar-refractivity contribution is -0.135. The van der Waals surface area contributed by atoms with Gasteiger partial charge in [-0.1, -0.05) is 13.3 Å². The van der Waals surface area contributed by atoms with Gasteiger partial charge in [-0.2, -0.15) is 0 Å². The van der Waals surface area contributed by atoms with E-state index in [-0.39, 0.29) is 12.5 Å². The number of amides is 4. The quantitative estimate of drug-likeness (QED) is 0.756. The molecule has 0 aromatic heterocycles. The van der Waals surface area contributed by atoms with Gasteiger partial charge in [-0.15, -0.1) is 0 Å². The Hall–Kier alpha value is -2.77. The molecule has 1 spiro atoms. The fourth-order valence-electron chi connectivity index (χ4n) is 4.32. The topological polar surface area (TPSA) is 97.0 Å². The van der Waals surface area contributed by atoms with Crippen LogP contribution in [0.25, 0.3) is 0 Å². The number of benzene rings is 1. The second-order valence-electron chi connectivity index (χ2n) is 8.02. The molecule has 0 atom stereocenters. The predicted octanol–water partition coefficient (Wildman–Crippen LogP) is 2.68. The van der Waals surface area contributed by atoms with Gasteiger partial charge in [-0.3, -0.25) is 14.5 Å². The monoisotopic (exact) mass is 401 g/mol. The number of hydrogen-bond acceptors (Lipinski definition) is 5. The van der Waals surface area contributed by atoms with Gasteiger partial charge in [0.25, 0.3) is 5.91 Å². The van der Waals surface area contributed by atoms with E-state index in [0.29, 0.717) is 49.2 Å². The van der Waals surface area contributed by atoms with Crippen molar-refractivity contribution in [2.45, 2.75) is 51.0 Å². The first-order valence-corrected chi connectivity index (χ1v) is 10.3. The van der Waals surface area contributed by atoms with Crippen LogP contribution in [0.3, 0.4) is 0 Å². The van der Waals surface area contributed by atoms with E-state index in [1.807, 2.05) is 0 Å². The average molecular weight is 401 g/mol. The number of hydrogen-bond donors (Lipinski definition) is 2. The molecule has 4 rings (SSSR count). The van der Waals surface area contributed by atoms with E-state index in [1.165, 1.54) is 0 Å². The van der Waals surface area contributed by atoms with Gasteiger partial charge in [0.2, 0.25) is 5.91 Å². The summed E-state index contributed by atoms with van der Waals surface area (Å²) in [6.45, 7) is 2.98. The van der Waals surface area contributed by atoms with Crippen LogP contribution in [0.15, 0.2) is 18.2 Å². The minimum atomic E-state index is -0.835. The van der Waals surface area contributed by atoms with E-state index in [9.17, 15) is 14.4 Å². The molecular formula is C21H27N3O5. The maximum Gasteiger partial charge on any atom is 0.325 e. The molecule has 4 amide bonds. The first-order chi connectivity index (χ1) is 14.0. The number of ether oxygens (including phenoxy) is 2. The van der Waals surface area contributed by atoms with Crippen LogP contribution < -0.4 is 20.1 Å². The molecule has 0 unspecified atom stereocenters. The molecule has 156 valence electrons. The molecule has 29 heavy (non-hydrogen) atoms. The van der Waals surface area contributed by atoms with Gasteiger partial charge < -0.3 is 20.1 Å². The van der Waals surface area contributed by atoms with Gasteiger partial charge in [0.05, 0.1) is 13.2 Å². The number of carbonyl (C=O) groups excluding carboxylic acids is 3. The molecule has 2 N–H and O–H groups in total. The van der Waals surface area contributed by atoms with E-state index in [4.69, 9.17) is 9.47 Å². The number of nitrogens with zero attached hydrogens (tertiary/aromatic N) is 1. The Balaban J connectivity index is 1.39. The molecule has 1 saturated heterocycles. The van der Waals surface area contributed by atoms with Gasteiger partial charge in [0, 0.05) is 18.2 Å². The highest BCUT2D eigenvalue weighted by molar-refractivity contribution is 6.10. The lowest BCUT2D eigenvalue weighted by atomic mass is 9.75. The number of rotatable bonds is 4. The summed E-state index contributed by atoms with van der Waals surface area (Å²) in [5.41, 5.74) is -0.303. The number of fused-ring (bicyclic) bond motifs is 1. The van der Waals surface area contributed by atoms with E-state index in [0.717, 1.165) is 30.6 Å². The number of imide groups is 1. The standard InChI is InChI=1S/C21H27N3O5/c1-2-14-6-8-21(9-7-14)19(26)24(20(27)23-21)13-18(25)22-15-4-5-16-17(12-15)29-11-3-10-28-16/h4-5,12,14H,2-3,6-11,13H2,1H3,(H,22,25)(H,23,27). The molecule has 0 radical (unpaired) electrons. The minimum Gasteiger partial charge on any atom is -0.490 e. The van der Waals surface area contributed by atoms with Crippen LogP contribution in [-0.2, 0) is 9.59 Å². The summed E-state index contributed by atoms with van der Waals surface area (Å²) < 4.78 is 11.2. The lowest BCUT2D eigenvalue weighted by Gasteiger charge is -2.34. The van der Waals surface area contributed by atoms with Gasteiger partial charge in [0.15, 0.2) is 11.5 Å². The van der Waals surface area contributed by atoms with Crippen LogP contribution in [-0.4, -0.2) is 48.0 Å². The molecule has 0 bridgehead atoms. The fourth-order valence-corrected chi connectivity index (χ4v) is 4.32. The molecule has 1 saturated carbocycles. The maximum atomic E-state index is 12.9. The molecule has 2 heterocycles. The summed E-state index contributed by atoms with van der Waals surface area (Å²) in [6, 6.07) is 4.66. The predicted molar refractivity (Wildman–Crippen MR) is 106 cm³/mol. The smallest absolute Gasteiger partial charge is 0.325 e. The van der Waals surface area contributed by atoms with E-state index in [1.54, 1.807) is 18.2 Å². The highest BCUT2D eigenvalue weighted by Crippen LogP contribution is 2.37. The second kappa shape index (κ2) is 7.93. The van der Waals surface area contributed by atoms with Crippen LogP contribution in [0.5, 0.6) is 11.5 Å². The first kappa shape index (κ1) is 19.5. The Morgan fingerprint density at radius 1 is 1.21 bits per heavy atom. The van der Waals surface area contributed by atoms with Crippen LogP contribution >= 0.6 is 0 Å². The zero-order valence-electron chi connectivity index (χ0n) is 16.7. The molecule has 8 nitrogen and oxygen atoms in total. The molecule has 3 aliphatic rings. The molecule has 2 aliphatic heterocycles. The summed E-state index contributed by atoms with van der Waals surface area (Å²) in [7, 11) is 0. The second-order valence-corrected chi connectivity index (χ2v) is 8.02. The summed E-state index contributed by atoms with van der Waals surface area (Å²) in [5, 5.41) is 5.59. The molecule has 8 heteroatoms. The largest absolute Gasteiger partial charge is 0.490 e. The Bertz CT molecular complexity index is 817. The first-order valence-electron chi connectivity index (χ1n) is 10.3. The summed E-state index contributed by atoms with van der Waals surface area (Å²) in [5.74, 6) is 1.09. The van der Waals surface area contributed by atoms with Crippen molar-refractivity contribution >= 4 is 23.5 Å². The zero-order valence-corrected chi connectivity index (χ0v) is 16.7. The third-order valence-corrected chi connectivity index (χ3v) is 6.11. The Kier molecular flexibility index (Phi) is 5.34. The Labute approximate surface area is 169 Å². The van der Waals surface area contributed by atoms with Crippen LogP contribution in [0.4, 0.5) is 10.5 Å². The highest BCUT2D eigenvalue weighted by Gasteiger charge is 2.52. The molecule has 1 aliphatic carbocycles. The van der Waals surface area contributed by atoms with Crippen LogP contribution in [0, 0.1) is 5.92 Å². The molecule has 1 aromatic rings. The van der Waals surface area contributed by atoms with Crippen molar-refractivity contribution in [3.63, 3.8) is 0 Å². The Morgan fingerprint density at radius 3 is 2.66 bits per heavy atom. The molecule has 1 aromatic carbocycles. The number of anilines is 1. The SMILES string of the molecule is CCC1CCC2(CC1)NC(=O)N(CC(=O)Nc1ccc3c(c1)OCCCO3)C2=O. The minimum absolute atomic E-state index is 0.286. The fraction of sp³-hybridized carbons (Fsp3) is 0.571. The Morgan fingerprint density at radius 2 is 1.93 bits per heavy atom.